The summed E-state index contributed by atoms with van der Waals surface area (Å²) in [6.07, 6.45) is 2.93. The number of rotatable bonds is 4. The van der Waals surface area contributed by atoms with E-state index in [2.05, 4.69) is 16.7 Å². The van der Waals surface area contributed by atoms with Crippen molar-refractivity contribution in [1.82, 2.24) is 10.6 Å². The number of carbonyl (C=O) groups is 1. The van der Waals surface area contributed by atoms with Gasteiger partial charge in [0, 0.05) is 12.6 Å². The lowest BCUT2D eigenvalue weighted by atomic mass is 10.0. The lowest BCUT2D eigenvalue weighted by Gasteiger charge is -2.23. The molecule has 1 rings (SSSR count). The molecular formula is C13H23N3O2. The maximum absolute atomic E-state index is 11.5. The summed E-state index contributed by atoms with van der Waals surface area (Å²) in [5, 5.41) is 14.6. The van der Waals surface area contributed by atoms with Crippen molar-refractivity contribution in [3.63, 3.8) is 0 Å². The lowest BCUT2D eigenvalue weighted by molar-refractivity contribution is 0.0517. The Morgan fingerprint density at radius 3 is 2.78 bits per heavy atom. The molecule has 0 radical (unpaired) electrons. The topological polar surface area (TPSA) is 74.2 Å². The molecule has 0 saturated heterocycles. The van der Waals surface area contributed by atoms with Gasteiger partial charge >= 0.3 is 6.09 Å². The van der Waals surface area contributed by atoms with E-state index in [1.165, 1.54) is 0 Å². The molecule has 2 N–H and O–H groups in total. The SMILES string of the molecule is CC(C)(C)OC(=O)NC[C@H]1CCC[C@@H]1NCC#N. The third kappa shape index (κ3) is 5.37. The van der Waals surface area contributed by atoms with Crippen molar-refractivity contribution in [1.29, 1.82) is 5.26 Å². The first-order chi connectivity index (χ1) is 8.42. The smallest absolute Gasteiger partial charge is 0.407 e. The molecule has 0 aliphatic heterocycles. The number of hydrogen-bond acceptors (Lipinski definition) is 4. The monoisotopic (exact) mass is 253 g/mol. The van der Waals surface area contributed by atoms with E-state index >= 15 is 0 Å². The van der Waals surface area contributed by atoms with Gasteiger partial charge in [-0.15, -0.1) is 0 Å². The van der Waals surface area contributed by atoms with E-state index in [1.807, 2.05) is 20.8 Å². The van der Waals surface area contributed by atoms with Crippen LogP contribution in [-0.2, 0) is 4.74 Å². The molecule has 1 saturated carbocycles. The van der Waals surface area contributed by atoms with E-state index in [1.54, 1.807) is 0 Å². The minimum absolute atomic E-state index is 0.333. The normalized spacial score (nSPS) is 23.4. The van der Waals surface area contributed by atoms with Crippen LogP contribution in [0.4, 0.5) is 4.79 Å². The molecular weight excluding hydrogens is 230 g/mol. The van der Waals surface area contributed by atoms with Gasteiger partial charge < -0.3 is 15.4 Å². The summed E-state index contributed by atoms with van der Waals surface area (Å²) in [5.74, 6) is 0.394. The summed E-state index contributed by atoms with van der Waals surface area (Å²) in [7, 11) is 0. The van der Waals surface area contributed by atoms with Crippen LogP contribution in [0.25, 0.3) is 0 Å². The summed E-state index contributed by atoms with van der Waals surface area (Å²) in [6.45, 7) is 6.52. The van der Waals surface area contributed by atoms with E-state index < -0.39 is 5.60 Å². The Morgan fingerprint density at radius 1 is 1.44 bits per heavy atom. The Labute approximate surface area is 109 Å². The van der Waals surface area contributed by atoms with Crippen LogP contribution in [0, 0.1) is 17.2 Å². The number of ether oxygens (including phenoxy) is 1. The first kappa shape index (κ1) is 14.8. The number of nitrogens with one attached hydrogen (secondary N) is 2. The predicted octanol–water partition coefficient (Wildman–Crippen LogP) is 1.79. The Kier molecular flexibility index (Phi) is 5.42. The molecule has 5 nitrogen and oxygen atoms in total. The molecule has 0 spiro atoms. The van der Waals surface area contributed by atoms with Crippen molar-refractivity contribution in [3.05, 3.63) is 0 Å². The number of nitriles is 1. The molecule has 102 valence electrons. The maximum Gasteiger partial charge on any atom is 0.407 e. The minimum Gasteiger partial charge on any atom is -0.444 e. The van der Waals surface area contributed by atoms with Crippen molar-refractivity contribution < 1.29 is 9.53 Å². The number of hydrogen-bond donors (Lipinski definition) is 2. The van der Waals surface area contributed by atoms with Gasteiger partial charge in [-0.2, -0.15) is 5.26 Å². The molecule has 0 aromatic heterocycles. The van der Waals surface area contributed by atoms with Gasteiger partial charge in [0.25, 0.3) is 0 Å². The first-order valence-corrected chi connectivity index (χ1v) is 6.49. The first-order valence-electron chi connectivity index (χ1n) is 6.49. The molecule has 1 aliphatic carbocycles. The third-order valence-electron chi connectivity index (χ3n) is 3.01. The molecule has 0 heterocycles. The number of alkyl carbamates (subject to hydrolysis) is 1. The lowest BCUT2D eigenvalue weighted by Crippen LogP contribution is -2.41. The highest BCUT2D eigenvalue weighted by Crippen LogP contribution is 2.24. The van der Waals surface area contributed by atoms with Crippen molar-refractivity contribution >= 4 is 6.09 Å². The van der Waals surface area contributed by atoms with Gasteiger partial charge in [0.1, 0.15) is 5.60 Å². The second-order valence-corrected chi connectivity index (χ2v) is 5.72. The number of carbonyl (C=O) groups excluding carboxylic acids is 1. The van der Waals surface area contributed by atoms with Gasteiger partial charge in [-0.25, -0.2) is 4.79 Å². The van der Waals surface area contributed by atoms with Gasteiger partial charge in [0.05, 0.1) is 12.6 Å². The standard InChI is InChI=1S/C13H23N3O2/c1-13(2,3)18-12(17)16-9-10-5-4-6-11(10)15-8-7-14/h10-11,15H,4-6,8-9H2,1-3H3,(H,16,17)/t10-,11+/m1/s1. The fraction of sp³-hybridized carbons (Fsp3) is 0.846. The zero-order chi connectivity index (χ0) is 13.6. The highest BCUT2D eigenvalue weighted by molar-refractivity contribution is 5.67. The van der Waals surface area contributed by atoms with E-state index in [0.29, 0.717) is 25.0 Å². The molecule has 0 unspecified atom stereocenters. The van der Waals surface area contributed by atoms with Crippen LogP contribution in [0.3, 0.4) is 0 Å². The van der Waals surface area contributed by atoms with Crippen molar-refractivity contribution in [3.8, 4) is 6.07 Å². The Hall–Kier alpha value is -1.28. The Balaban J connectivity index is 2.29. The molecule has 5 heteroatoms. The summed E-state index contributed by atoms with van der Waals surface area (Å²) in [5.41, 5.74) is -0.460. The van der Waals surface area contributed by atoms with Crippen LogP contribution in [0.1, 0.15) is 40.0 Å². The fourth-order valence-corrected chi connectivity index (χ4v) is 2.26. The van der Waals surface area contributed by atoms with Gasteiger partial charge in [-0.05, 0) is 39.5 Å². The molecule has 18 heavy (non-hydrogen) atoms. The molecule has 2 atom stereocenters. The van der Waals surface area contributed by atoms with E-state index in [4.69, 9.17) is 10.00 Å². The van der Waals surface area contributed by atoms with Crippen molar-refractivity contribution in [2.75, 3.05) is 13.1 Å². The van der Waals surface area contributed by atoms with Crippen molar-refractivity contribution in [2.45, 2.75) is 51.7 Å². The van der Waals surface area contributed by atoms with Crippen LogP contribution >= 0.6 is 0 Å². The van der Waals surface area contributed by atoms with Gasteiger partial charge in [-0.3, -0.25) is 0 Å². The Bertz CT molecular complexity index is 317. The second-order valence-electron chi connectivity index (χ2n) is 5.72. The van der Waals surface area contributed by atoms with E-state index in [-0.39, 0.29) is 6.09 Å². The maximum atomic E-state index is 11.5. The van der Waals surface area contributed by atoms with Crippen LogP contribution in [-0.4, -0.2) is 30.8 Å². The summed E-state index contributed by atoms with van der Waals surface area (Å²) in [6, 6.07) is 2.42. The van der Waals surface area contributed by atoms with E-state index in [9.17, 15) is 4.79 Å². The average Bonchev–Trinajstić information content (AvgIpc) is 2.68. The van der Waals surface area contributed by atoms with E-state index in [0.717, 1.165) is 19.3 Å². The Morgan fingerprint density at radius 2 is 2.17 bits per heavy atom. The summed E-state index contributed by atoms with van der Waals surface area (Å²) < 4.78 is 5.19. The second kappa shape index (κ2) is 6.60. The minimum atomic E-state index is -0.460. The third-order valence-corrected chi connectivity index (χ3v) is 3.01. The molecule has 1 fully saturated rings. The predicted molar refractivity (Wildman–Crippen MR) is 69.0 cm³/mol. The summed E-state index contributed by atoms with van der Waals surface area (Å²) >= 11 is 0. The highest BCUT2D eigenvalue weighted by Gasteiger charge is 2.27. The van der Waals surface area contributed by atoms with Crippen molar-refractivity contribution in [2.24, 2.45) is 5.92 Å². The number of amides is 1. The van der Waals surface area contributed by atoms with Crippen LogP contribution in [0.2, 0.25) is 0 Å². The van der Waals surface area contributed by atoms with Crippen LogP contribution < -0.4 is 10.6 Å². The number of nitrogens with zero attached hydrogens (tertiary/aromatic N) is 1. The van der Waals surface area contributed by atoms with Gasteiger partial charge in [0.2, 0.25) is 0 Å². The van der Waals surface area contributed by atoms with Gasteiger partial charge in [-0.1, -0.05) is 6.42 Å². The quantitative estimate of drug-likeness (QED) is 0.749. The molecule has 0 aromatic rings. The molecule has 1 amide bonds. The highest BCUT2D eigenvalue weighted by atomic mass is 16.6. The average molecular weight is 253 g/mol. The zero-order valence-electron chi connectivity index (χ0n) is 11.5. The largest absolute Gasteiger partial charge is 0.444 e. The van der Waals surface area contributed by atoms with Gasteiger partial charge in [0.15, 0.2) is 0 Å². The van der Waals surface area contributed by atoms with Crippen LogP contribution in [0.5, 0.6) is 0 Å². The molecule has 0 aromatic carbocycles. The zero-order valence-corrected chi connectivity index (χ0v) is 11.5. The summed E-state index contributed by atoms with van der Waals surface area (Å²) in [4.78, 5) is 11.5. The molecule has 1 aliphatic rings. The van der Waals surface area contributed by atoms with Crippen LogP contribution in [0.15, 0.2) is 0 Å². The fourth-order valence-electron chi connectivity index (χ4n) is 2.26. The molecule has 0 bridgehead atoms.